The third-order valence-electron chi connectivity index (χ3n) is 4.19. The van der Waals surface area contributed by atoms with Crippen LogP contribution in [0.3, 0.4) is 0 Å². The summed E-state index contributed by atoms with van der Waals surface area (Å²) in [5.41, 5.74) is 1.04. The molecule has 0 spiro atoms. The zero-order valence-electron chi connectivity index (χ0n) is 10.1. The van der Waals surface area contributed by atoms with Crippen molar-refractivity contribution in [2.45, 2.75) is 49.1 Å². The molecule has 0 amide bonds. The number of hydrogen-bond acceptors (Lipinski definition) is 1. The fourth-order valence-electron chi connectivity index (χ4n) is 3.31. The number of hydrogen-bond donors (Lipinski definition) is 0. The van der Waals surface area contributed by atoms with Crippen LogP contribution in [-0.2, 0) is 6.54 Å². The van der Waals surface area contributed by atoms with Crippen molar-refractivity contribution in [3.05, 3.63) is 34.6 Å². The van der Waals surface area contributed by atoms with E-state index in [-0.39, 0.29) is 5.82 Å². The molecular formula is C14H16BrClFN. The topological polar surface area (TPSA) is 3.24 Å². The number of fused-ring (bicyclic) bond motifs is 2. The van der Waals surface area contributed by atoms with E-state index < -0.39 is 0 Å². The van der Waals surface area contributed by atoms with Gasteiger partial charge in [0.15, 0.2) is 0 Å². The monoisotopic (exact) mass is 331 g/mol. The van der Waals surface area contributed by atoms with Crippen LogP contribution in [-0.4, -0.2) is 21.8 Å². The standard InChI is InChI=1S/C14H16BrClFN/c15-10-5-12-3-4-13(6-10)18(12)8-9-1-2-11(17)7-14(9)16/h1-2,7,10,12-13H,3-6,8H2. The second-order valence-corrected chi connectivity index (χ2v) is 7.06. The van der Waals surface area contributed by atoms with Gasteiger partial charge in [0.1, 0.15) is 5.82 Å². The van der Waals surface area contributed by atoms with Crippen LogP contribution in [0.1, 0.15) is 31.2 Å². The van der Waals surface area contributed by atoms with Crippen LogP contribution in [0.2, 0.25) is 5.02 Å². The lowest BCUT2D eigenvalue weighted by atomic mass is 10.0. The first-order chi connectivity index (χ1) is 8.63. The van der Waals surface area contributed by atoms with Crippen LogP contribution >= 0.6 is 27.5 Å². The normalized spacial score (nSPS) is 31.8. The van der Waals surface area contributed by atoms with E-state index in [0.29, 0.717) is 21.9 Å². The first-order valence-corrected chi connectivity index (χ1v) is 7.76. The van der Waals surface area contributed by atoms with E-state index in [0.717, 1.165) is 12.1 Å². The van der Waals surface area contributed by atoms with Crippen LogP contribution in [0.5, 0.6) is 0 Å². The van der Waals surface area contributed by atoms with Gasteiger partial charge in [-0.05, 0) is 43.4 Å². The van der Waals surface area contributed by atoms with Crippen molar-refractivity contribution in [2.24, 2.45) is 0 Å². The van der Waals surface area contributed by atoms with E-state index in [1.807, 2.05) is 6.07 Å². The molecule has 1 aromatic rings. The molecule has 2 fully saturated rings. The van der Waals surface area contributed by atoms with Crippen molar-refractivity contribution in [1.82, 2.24) is 4.90 Å². The van der Waals surface area contributed by atoms with E-state index in [4.69, 9.17) is 11.6 Å². The van der Waals surface area contributed by atoms with E-state index >= 15 is 0 Å². The van der Waals surface area contributed by atoms with Gasteiger partial charge < -0.3 is 0 Å². The molecule has 2 atom stereocenters. The maximum absolute atomic E-state index is 13.0. The van der Waals surface area contributed by atoms with Crippen molar-refractivity contribution in [2.75, 3.05) is 0 Å². The van der Waals surface area contributed by atoms with Crippen molar-refractivity contribution >= 4 is 27.5 Å². The molecule has 2 aliphatic heterocycles. The summed E-state index contributed by atoms with van der Waals surface area (Å²) in [4.78, 5) is 3.21. The van der Waals surface area contributed by atoms with Crippen molar-refractivity contribution < 1.29 is 4.39 Å². The Labute approximate surface area is 120 Å². The molecular weight excluding hydrogens is 317 g/mol. The summed E-state index contributed by atoms with van der Waals surface area (Å²) in [5, 5.41) is 0.551. The number of halogens is 3. The fraction of sp³-hybridized carbons (Fsp3) is 0.571. The van der Waals surface area contributed by atoms with Crippen LogP contribution in [0.25, 0.3) is 0 Å². The Hall–Kier alpha value is -0.120. The van der Waals surface area contributed by atoms with Gasteiger partial charge in [0.2, 0.25) is 0 Å². The number of alkyl halides is 1. The molecule has 18 heavy (non-hydrogen) atoms. The fourth-order valence-corrected chi connectivity index (χ4v) is 4.40. The van der Waals surface area contributed by atoms with Gasteiger partial charge in [-0.1, -0.05) is 33.6 Å². The maximum atomic E-state index is 13.0. The lowest BCUT2D eigenvalue weighted by Crippen LogP contribution is -2.42. The highest BCUT2D eigenvalue weighted by Gasteiger charge is 2.39. The molecule has 0 radical (unpaired) electrons. The van der Waals surface area contributed by atoms with Crippen molar-refractivity contribution in [1.29, 1.82) is 0 Å². The van der Waals surface area contributed by atoms with E-state index in [1.54, 1.807) is 0 Å². The van der Waals surface area contributed by atoms with Crippen molar-refractivity contribution in [3.8, 4) is 0 Å². The third-order valence-corrected chi connectivity index (χ3v) is 5.29. The smallest absolute Gasteiger partial charge is 0.124 e. The highest BCUT2D eigenvalue weighted by atomic mass is 79.9. The van der Waals surface area contributed by atoms with Gasteiger partial charge >= 0.3 is 0 Å². The summed E-state index contributed by atoms with van der Waals surface area (Å²) in [7, 11) is 0. The molecule has 2 saturated heterocycles. The first-order valence-electron chi connectivity index (χ1n) is 6.47. The summed E-state index contributed by atoms with van der Waals surface area (Å²) >= 11 is 9.86. The van der Waals surface area contributed by atoms with Gasteiger partial charge in [0, 0.05) is 28.5 Å². The first kappa shape index (κ1) is 12.9. The molecule has 98 valence electrons. The number of nitrogens with zero attached hydrogens (tertiary/aromatic N) is 1. The predicted molar refractivity (Wildman–Crippen MR) is 75.7 cm³/mol. The molecule has 4 heteroatoms. The molecule has 3 rings (SSSR count). The Morgan fingerprint density at radius 1 is 1.28 bits per heavy atom. The minimum Gasteiger partial charge on any atom is -0.293 e. The highest BCUT2D eigenvalue weighted by molar-refractivity contribution is 9.09. The summed E-state index contributed by atoms with van der Waals surface area (Å²) < 4.78 is 13.0. The molecule has 1 nitrogen and oxygen atoms in total. The van der Waals surface area contributed by atoms with Crippen LogP contribution in [0.4, 0.5) is 4.39 Å². The third kappa shape index (κ3) is 2.45. The second kappa shape index (κ2) is 5.10. The molecule has 0 aliphatic carbocycles. The van der Waals surface area contributed by atoms with Crippen LogP contribution < -0.4 is 0 Å². The lowest BCUT2D eigenvalue weighted by molar-refractivity contribution is 0.137. The summed E-state index contributed by atoms with van der Waals surface area (Å²) in [6, 6.07) is 6.05. The Bertz CT molecular complexity index is 439. The predicted octanol–water partition coefficient (Wildman–Crippen LogP) is 4.37. The molecule has 0 N–H and O–H groups in total. The van der Waals surface area contributed by atoms with E-state index in [9.17, 15) is 4.39 Å². The zero-order chi connectivity index (χ0) is 12.7. The molecule has 2 heterocycles. The quantitative estimate of drug-likeness (QED) is 0.727. The summed E-state index contributed by atoms with van der Waals surface area (Å²) in [5.74, 6) is -0.258. The highest BCUT2D eigenvalue weighted by Crippen LogP contribution is 2.39. The average Bonchev–Trinajstić information content (AvgIpc) is 2.56. The van der Waals surface area contributed by atoms with Gasteiger partial charge in [-0.3, -0.25) is 4.90 Å². The van der Waals surface area contributed by atoms with E-state index in [2.05, 4.69) is 20.8 Å². The Morgan fingerprint density at radius 2 is 1.94 bits per heavy atom. The average molecular weight is 333 g/mol. The summed E-state index contributed by atoms with van der Waals surface area (Å²) in [6.07, 6.45) is 5.00. The molecule has 0 aromatic heterocycles. The Balaban J connectivity index is 1.77. The number of benzene rings is 1. The lowest BCUT2D eigenvalue weighted by Gasteiger charge is -2.37. The number of piperidine rings is 1. The minimum absolute atomic E-state index is 0.258. The van der Waals surface area contributed by atoms with Gasteiger partial charge in [-0.25, -0.2) is 4.39 Å². The molecule has 2 unspecified atom stereocenters. The van der Waals surface area contributed by atoms with Gasteiger partial charge in [-0.2, -0.15) is 0 Å². The maximum Gasteiger partial charge on any atom is 0.124 e. The van der Waals surface area contributed by atoms with Crippen LogP contribution in [0, 0.1) is 5.82 Å². The molecule has 2 aliphatic rings. The van der Waals surface area contributed by atoms with Gasteiger partial charge in [0.05, 0.1) is 0 Å². The van der Waals surface area contributed by atoms with Crippen LogP contribution in [0.15, 0.2) is 18.2 Å². The van der Waals surface area contributed by atoms with Crippen molar-refractivity contribution in [3.63, 3.8) is 0 Å². The van der Waals surface area contributed by atoms with Gasteiger partial charge in [0.25, 0.3) is 0 Å². The molecule has 1 aromatic carbocycles. The Morgan fingerprint density at radius 3 is 2.56 bits per heavy atom. The molecule has 0 saturated carbocycles. The minimum atomic E-state index is -0.258. The second-order valence-electron chi connectivity index (χ2n) is 5.36. The SMILES string of the molecule is Fc1ccc(CN2C3CCC2CC(Br)C3)c(Cl)c1. The Kier molecular flexibility index (Phi) is 3.65. The summed E-state index contributed by atoms with van der Waals surface area (Å²) in [6.45, 7) is 0.855. The molecule has 2 bridgehead atoms. The largest absolute Gasteiger partial charge is 0.293 e. The zero-order valence-corrected chi connectivity index (χ0v) is 12.4. The number of rotatable bonds is 2. The van der Waals surface area contributed by atoms with Gasteiger partial charge in [-0.15, -0.1) is 0 Å². The van der Waals surface area contributed by atoms with E-state index in [1.165, 1.54) is 37.8 Å².